The van der Waals surface area contributed by atoms with Gasteiger partial charge in [0.25, 0.3) is 0 Å². The molecule has 4 bridgehead atoms. The molecule has 0 unspecified atom stereocenters. The maximum Gasteiger partial charge on any atom is 0.331 e. The van der Waals surface area contributed by atoms with E-state index in [4.69, 9.17) is 23.7 Å². The summed E-state index contributed by atoms with van der Waals surface area (Å²) in [4.78, 5) is 51.1. The highest BCUT2D eigenvalue weighted by atomic mass is 16.6. The Bertz CT molecular complexity index is 1460. The van der Waals surface area contributed by atoms with Gasteiger partial charge < -0.3 is 28.8 Å². The Hall–Kier alpha value is -3.76. The van der Waals surface area contributed by atoms with Gasteiger partial charge in [-0.2, -0.15) is 0 Å². The fourth-order valence-electron chi connectivity index (χ4n) is 8.25. The molecule has 6 rings (SSSR count). The minimum Gasteiger partial charge on any atom is -0.462 e. The normalized spacial score (nSPS) is 37.3. The Balaban J connectivity index is 1.64. The van der Waals surface area contributed by atoms with Gasteiger partial charge in [-0.05, 0) is 48.1 Å². The van der Waals surface area contributed by atoms with Crippen LogP contribution in [-0.2, 0) is 42.9 Å². The Morgan fingerprint density at radius 1 is 0.978 bits per heavy atom. The molecule has 5 aliphatic rings. The molecule has 0 spiro atoms. The second-order valence-electron chi connectivity index (χ2n) is 13.2. The van der Waals surface area contributed by atoms with E-state index in [0.717, 1.165) is 5.56 Å². The number of carbonyl (C=O) groups is 4. The third-order valence-corrected chi connectivity index (χ3v) is 10.3. The monoisotopic (exact) mass is 622 g/mol. The minimum atomic E-state index is -1.73. The van der Waals surface area contributed by atoms with Gasteiger partial charge in [-0.3, -0.25) is 14.4 Å². The molecule has 3 fully saturated rings. The molecule has 10 heteroatoms. The molecule has 1 aromatic rings. The number of ether oxygens (including phenoxy) is 5. The van der Waals surface area contributed by atoms with Gasteiger partial charge in [-0.25, -0.2) is 4.79 Å². The first-order chi connectivity index (χ1) is 21.1. The van der Waals surface area contributed by atoms with Crippen LogP contribution in [0.15, 0.2) is 59.7 Å². The Morgan fingerprint density at radius 3 is 2.24 bits per heavy atom. The second kappa shape index (κ2) is 11.9. The van der Waals surface area contributed by atoms with Crippen molar-refractivity contribution >= 4 is 30.0 Å². The van der Waals surface area contributed by atoms with Crippen LogP contribution in [0.3, 0.4) is 0 Å². The van der Waals surface area contributed by atoms with Crippen LogP contribution in [0.4, 0.5) is 0 Å². The zero-order valence-electron chi connectivity index (χ0n) is 26.7. The molecule has 9 atom stereocenters. The molecule has 2 saturated carbocycles. The lowest BCUT2D eigenvalue weighted by Gasteiger charge is -2.64. The summed E-state index contributed by atoms with van der Waals surface area (Å²) in [6.07, 6.45) is 0.0508. The summed E-state index contributed by atoms with van der Waals surface area (Å²) in [5, 5.41) is 11.8. The third kappa shape index (κ3) is 5.74. The minimum absolute atomic E-state index is 0.0434. The quantitative estimate of drug-likeness (QED) is 0.210. The van der Waals surface area contributed by atoms with Crippen molar-refractivity contribution in [3.05, 3.63) is 65.3 Å². The van der Waals surface area contributed by atoms with Gasteiger partial charge >= 0.3 is 23.9 Å². The van der Waals surface area contributed by atoms with E-state index in [1.165, 1.54) is 26.8 Å². The van der Waals surface area contributed by atoms with Gasteiger partial charge in [0.15, 0.2) is 11.9 Å². The number of fused-ring (bicyclic) bond motifs is 2. The van der Waals surface area contributed by atoms with Crippen LogP contribution in [0.2, 0.25) is 0 Å². The first-order valence-corrected chi connectivity index (χ1v) is 15.3. The van der Waals surface area contributed by atoms with E-state index in [2.05, 4.69) is 6.58 Å². The van der Waals surface area contributed by atoms with Crippen LogP contribution < -0.4 is 0 Å². The Morgan fingerprint density at radius 2 is 1.62 bits per heavy atom. The topological polar surface area (TPSA) is 135 Å². The summed E-state index contributed by atoms with van der Waals surface area (Å²) in [5.41, 5.74) is 0.503. The molecule has 2 aliphatic heterocycles. The van der Waals surface area contributed by atoms with Crippen LogP contribution in [0.25, 0.3) is 6.08 Å². The SMILES string of the molecule is C=C1[C@@H](OC(=O)/C=C/c2ccccc2)CC[C@@]2(C)[C@@H](OC(C)=O)[C@H](OC(C)=O)C3=C(C)[C@@]4(O)C[C@@H]([C@@H](OC(C)=O)[C@H]12)[C@]3(C)CO4. The average Bonchev–Trinajstić information content (AvgIpc) is 2.96. The fourth-order valence-corrected chi connectivity index (χ4v) is 8.25. The van der Waals surface area contributed by atoms with Crippen LogP contribution in [-0.4, -0.2) is 65.8 Å². The van der Waals surface area contributed by atoms with Crippen molar-refractivity contribution in [1.82, 2.24) is 0 Å². The van der Waals surface area contributed by atoms with Crippen molar-refractivity contribution in [2.24, 2.45) is 22.7 Å². The molecule has 0 amide bonds. The number of hydrogen-bond acceptors (Lipinski definition) is 10. The van der Waals surface area contributed by atoms with E-state index in [1.807, 2.05) is 44.2 Å². The fraction of sp³-hybridized carbons (Fsp3) is 0.543. The predicted octanol–water partition coefficient (Wildman–Crippen LogP) is 4.45. The van der Waals surface area contributed by atoms with Crippen LogP contribution in [0.1, 0.15) is 66.4 Å². The Labute approximate surface area is 263 Å². The smallest absolute Gasteiger partial charge is 0.331 e. The van der Waals surface area contributed by atoms with Gasteiger partial charge in [0.1, 0.15) is 18.3 Å². The van der Waals surface area contributed by atoms with Gasteiger partial charge in [0, 0.05) is 55.9 Å². The molecule has 1 aromatic carbocycles. The highest BCUT2D eigenvalue weighted by Gasteiger charge is 2.69. The van der Waals surface area contributed by atoms with Crippen molar-refractivity contribution in [2.75, 3.05) is 6.61 Å². The van der Waals surface area contributed by atoms with Gasteiger partial charge in [0.05, 0.1) is 6.61 Å². The molecule has 3 aliphatic carbocycles. The van der Waals surface area contributed by atoms with E-state index in [0.29, 0.717) is 29.6 Å². The molecule has 1 N–H and O–H groups in total. The molecule has 45 heavy (non-hydrogen) atoms. The van der Waals surface area contributed by atoms with Crippen LogP contribution in [0, 0.1) is 22.7 Å². The zero-order chi connectivity index (χ0) is 32.9. The van der Waals surface area contributed by atoms with Gasteiger partial charge in [-0.1, -0.05) is 50.8 Å². The van der Waals surface area contributed by atoms with E-state index >= 15 is 0 Å². The lowest BCUT2D eigenvalue weighted by molar-refractivity contribution is -0.284. The van der Waals surface area contributed by atoms with Crippen molar-refractivity contribution in [1.29, 1.82) is 0 Å². The number of carbonyl (C=O) groups excluding carboxylic acids is 4. The van der Waals surface area contributed by atoms with Crippen molar-refractivity contribution < 1.29 is 48.0 Å². The molecule has 0 radical (unpaired) electrons. The largest absolute Gasteiger partial charge is 0.462 e. The summed E-state index contributed by atoms with van der Waals surface area (Å²) < 4.78 is 30.1. The lowest BCUT2D eigenvalue weighted by atomic mass is 9.48. The molecule has 10 nitrogen and oxygen atoms in total. The second-order valence-corrected chi connectivity index (χ2v) is 13.2. The highest BCUT2D eigenvalue weighted by Crippen LogP contribution is 2.64. The number of aliphatic hydroxyl groups is 1. The molecule has 1 saturated heterocycles. The van der Waals surface area contributed by atoms with Gasteiger partial charge in [0.2, 0.25) is 0 Å². The summed E-state index contributed by atoms with van der Waals surface area (Å²) in [6.45, 7) is 13.9. The summed E-state index contributed by atoms with van der Waals surface area (Å²) in [6, 6.07) is 9.34. The van der Waals surface area contributed by atoms with Crippen molar-refractivity contribution in [3.8, 4) is 0 Å². The summed E-state index contributed by atoms with van der Waals surface area (Å²) in [5.74, 6) is -5.25. The van der Waals surface area contributed by atoms with E-state index in [9.17, 15) is 24.3 Å². The van der Waals surface area contributed by atoms with E-state index < -0.39 is 76.7 Å². The molecular weight excluding hydrogens is 580 g/mol. The van der Waals surface area contributed by atoms with Crippen molar-refractivity contribution in [3.63, 3.8) is 0 Å². The average molecular weight is 623 g/mol. The van der Waals surface area contributed by atoms with Crippen molar-refractivity contribution in [2.45, 2.75) is 91.0 Å². The van der Waals surface area contributed by atoms with E-state index in [1.54, 1.807) is 13.0 Å². The van der Waals surface area contributed by atoms with Gasteiger partial charge in [-0.15, -0.1) is 0 Å². The maximum atomic E-state index is 13.0. The predicted molar refractivity (Wildman–Crippen MR) is 162 cm³/mol. The van der Waals surface area contributed by atoms with Crippen LogP contribution >= 0.6 is 0 Å². The number of esters is 4. The summed E-state index contributed by atoms with van der Waals surface area (Å²) in [7, 11) is 0. The summed E-state index contributed by atoms with van der Waals surface area (Å²) >= 11 is 0. The maximum absolute atomic E-state index is 13.0. The Kier molecular flexibility index (Phi) is 8.61. The standard InChI is InChI=1S/C35H42O10/c1-19-26(45-27(39)14-13-24-11-9-8-10-12-24)15-16-33(6)28(19)30(42-21(3)36)25-17-35(40)20(2)29(34(25,7)18-41-35)31(43-22(4)37)32(33)44-23(5)38/h8-14,25-26,28,30-32,40H,1,15-18H2,2-7H3/b14-13+/t25-,26-,28-,30+,31+,32-,33+,34-,35+/m0/s1. The molecule has 0 aromatic heterocycles. The number of rotatable bonds is 6. The number of benzene rings is 1. The molecule has 2 heterocycles. The third-order valence-electron chi connectivity index (χ3n) is 10.3. The zero-order valence-corrected chi connectivity index (χ0v) is 26.7. The molecular formula is C35H42O10. The first kappa shape index (κ1) is 32.6. The molecule has 242 valence electrons. The highest BCUT2D eigenvalue weighted by molar-refractivity contribution is 5.87. The first-order valence-electron chi connectivity index (χ1n) is 15.3. The van der Waals surface area contributed by atoms with E-state index in [-0.39, 0.29) is 13.0 Å². The number of hydrogen-bond donors (Lipinski definition) is 1. The lowest BCUT2D eigenvalue weighted by Crippen LogP contribution is -2.69. The van der Waals surface area contributed by atoms with Crippen LogP contribution in [0.5, 0.6) is 0 Å².